The van der Waals surface area contributed by atoms with Crippen molar-refractivity contribution < 1.29 is 9.53 Å². The van der Waals surface area contributed by atoms with Crippen molar-refractivity contribution >= 4 is 11.7 Å². The van der Waals surface area contributed by atoms with E-state index in [2.05, 4.69) is 23.8 Å². The lowest BCUT2D eigenvalue weighted by Gasteiger charge is -2.34. The second-order valence-electron chi connectivity index (χ2n) is 5.33. The summed E-state index contributed by atoms with van der Waals surface area (Å²) in [5.41, 5.74) is 1.82. The summed E-state index contributed by atoms with van der Waals surface area (Å²) in [5.74, 6) is -0.219. The summed E-state index contributed by atoms with van der Waals surface area (Å²) in [6.45, 7) is 6.84. The Kier molecular flexibility index (Phi) is 5.41. The maximum atomic E-state index is 11.8. The molecule has 1 saturated heterocycles. The molecule has 4 nitrogen and oxygen atoms in total. The van der Waals surface area contributed by atoms with Gasteiger partial charge in [-0.1, -0.05) is 13.3 Å². The van der Waals surface area contributed by atoms with Gasteiger partial charge in [0, 0.05) is 31.9 Å². The van der Waals surface area contributed by atoms with Gasteiger partial charge in [0.2, 0.25) is 0 Å². The van der Waals surface area contributed by atoms with E-state index in [-0.39, 0.29) is 5.97 Å². The molecule has 1 aromatic carbocycles. The first-order valence-electron chi connectivity index (χ1n) is 7.41. The third-order valence-corrected chi connectivity index (χ3v) is 3.70. The van der Waals surface area contributed by atoms with Gasteiger partial charge in [-0.15, -0.1) is 0 Å². The molecule has 0 atom stereocenters. The number of rotatable bonds is 5. The fourth-order valence-electron chi connectivity index (χ4n) is 2.27. The average molecular weight is 276 g/mol. The molecule has 0 bridgehead atoms. The van der Waals surface area contributed by atoms with Gasteiger partial charge < -0.3 is 14.5 Å². The number of benzene rings is 1. The van der Waals surface area contributed by atoms with Crippen molar-refractivity contribution in [2.75, 3.05) is 44.7 Å². The Morgan fingerprint density at radius 3 is 2.40 bits per heavy atom. The molecule has 1 aliphatic rings. The zero-order valence-electron chi connectivity index (χ0n) is 12.5. The van der Waals surface area contributed by atoms with Crippen LogP contribution in [0.2, 0.25) is 0 Å². The molecule has 1 heterocycles. The maximum Gasteiger partial charge on any atom is 0.338 e. The molecule has 4 heteroatoms. The molecule has 1 fully saturated rings. The van der Waals surface area contributed by atoms with Crippen LogP contribution in [0.5, 0.6) is 0 Å². The van der Waals surface area contributed by atoms with Crippen LogP contribution < -0.4 is 4.90 Å². The molecular formula is C16H24N2O2. The Balaban J connectivity index is 1.90. The number of esters is 1. The largest absolute Gasteiger partial charge is 0.462 e. The summed E-state index contributed by atoms with van der Waals surface area (Å²) < 4.78 is 5.21. The summed E-state index contributed by atoms with van der Waals surface area (Å²) in [4.78, 5) is 16.5. The van der Waals surface area contributed by atoms with Crippen LogP contribution in [0.3, 0.4) is 0 Å². The molecule has 0 spiro atoms. The van der Waals surface area contributed by atoms with E-state index in [4.69, 9.17) is 4.74 Å². The lowest BCUT2D eigenvalue weighted by Crippen LogP contribution is -2.44. The van der Waals surface area contributed by atoms with Gasteiger partial charge in [0.1, 0.15) is 0 Å². The normalized spacial score (nSPS) is 16.2. The second kappa shape index (κ2) is 7.29. The molecule has 0 amide bonds. The maximum absolute atomic E-state index is 11.8. The predicted molar refractivity (Wildman–Crippen MR) is 81.3 cm³/mol. The van der Waals surface area contributed by atoms with E-state index in [1.807, 2.05) is 24.3 Å². The molecular weight excluding hydrogens is 252 g/mol. The minimum absolute atomic E-state index is 0.219. The van der Waals surface area contributed by atoms with Crippen LogP contribution in [-0.2, 0) is 4.74 Å². The SMILES string of the molecule is CCCCOC(=O)c1ccc(N2CCN(C)CC2)cc1. The number of hydrogen-bond acceptors (Lipinski definition) is 4. The zero-order valence-corrected chi connectivity index (χ0v) is 12.5. The summed E-state index contributed by atoms with van der Waals surface area (Å²) in [5, 5.41) is 0. The lowest BCUT2D eigenvalue weighted by atomic mass is 10.2. The highest BCUT2D eigenvalue weighted by Crippen LogP contribution is 2.17. The summed E-state index contributed by atoms with van der Waals surface area (Å²) in [6, 6.07) is 7.76. The number of likely N-dealkylation sites (N-methyl/N-ethyl adjacent to an activating group) is 1. The number of unbranched alkanes of at least 4 members (excludes halogenated alkanes) is 1. The van der Waals surface area contributed by atoms with Gasteiger partial charge in [-0.05, 0) is 37.7 Å². The third-order valence-electron chi connectivity index (χ3n) is 3.70. The average Bonchev–Trinajstić information content (AvgIpc) is 2.48. The first-order chi connectivity index (χ1) is 9.70. The number of carbonyl (C=O) groups is 1. The summed E-state index contributed by atoms with van der Waals surface area (Å²) in [6.07, 6.45) is 1.96. The number of ether oxygens (including phenoxy) is 1. The van der Waals surface area contributed by atoms with Gasteiger partial charge >= 0.3 is 5.97 Å². The van der Waals surface area contributed by atoms with Crippen LogP contribution in [0.25, 0.3) is 0 Å². The molecule has 1 aliphatic heterocycles. The van der Waals surface area contributed by atoms with Crippen LogP contribution in [0.1, 0.15) is 30.1 Å². The molecule has 0 radical (unpaired) electrons. The smallest absolute Gasteiger partial charge is 0.338 e. The van der Waals surface area contributed by atoms with E-state index in [1.54, 1.807) is 0 Å². The van der Waals surface area contributed by atoms with Crippen LogP contribution in [0.4, 0.5) is 5.69 Å². The van der Waals surface area contributed by atoms with Crippen molar-refractivity contribution in [3.8, 4) is 0 Å². The van der Waals surface area contributed by atoms with E-state index < -0.39 is 0 Å². The molecule has 1 aromatic rings. The quantitative estimate of drug-likeness (QED) is 0.611. The molecule has 0 aliphatic carbocycles. The standard InChI is InChI=1S/C16H24N2O2/c1-3-4-13-20-16(19)14-5-7-15(8-6-14)18-11-9-17(2)10-12-18/h5-8H,3-4,9-13H2,1-2H3. The lowest BCUT2D eigenvalue weighted by molar-refractivity contribution is 0.0500. The van der Waals surface area contributed by atoms with E-state index in [9.17, 15) is 4.79 Å². The van der Waals surface area contributed by atoms with Gasteiger partial charge in [-0.25, -0.2) is 4.79 Å². The van der Waals surface area contributed by atoms with Crippen molar-refractivity contribution in [2.45, 2.75) is 19.8 Å². The first kappa shape index (κ1) is 14.9. The number of nitrogens with zero attached hydrogens (tertiary/aromatic N) is 2. The Hall–Kier alpha value is -1.55. The van der Waals surface area contributed by atoms with Crippen LogP contribution >= 0.6 is 0 Å². The Morgan fingerprint density at radius 1 is 1.15 bits per heavy atom. The summed E-state index contributed by atoms with van der Waals surface area (Å²) in [7, 11) is 2.15. The van der Waals surface area contributed by atoms with E-state index in [0.29, 0.717) is 12.2 Å². The second-order valence-corrected chi connectivity index (χ2v) is 5.33. The third kappa shape index (κ3) is 3.97. The number of hydrogen-bond donors (Lipinski definition) is 0. The van der Waals surface area contributed by atoms with Gasteiger partial charge in [-0.2, -0.15) is 0 Å². The minimum Gasteiger partial charge on any atom is -0.462 e. The molecule has 0 aromatic heterocycles. The molecule has 0 unspecified atom stereocenters. The number of anilines is 1. The highest BCUT2D eigenvalue weighted by Gasteiger charge is 2.14. The van der Waals surface area contributed by atoms with Crippen molar-refractivity contribution in [1.82, 2.24) is 4.90 Å². The number of carbonyl (C=O) groups excluding carboxylic acids is 1. The van der Waals surface area contributed by atoms with Crippen molar-refractivity contribution in [3.63, 3.8) is 0 Å². The van der Waals surface area contributed by atoms with Crippen LogP contribution in [0, 0.1) is 0 Å². The highest BCUT2D eigenvalue weighted by molar-refractivity contribution is 5.89. The van der Waals surface area contributed by atoms with E-state index >= 15 is 0 Å². The van der Waals surface area contributed by atoms with E-state index in [0.717, 1.165) is 39.0 Å². The monoisotopic (exact) mass is 276 g/mol. The van der Waals surface area contributed by atoms with Crippen molar-refractivity contribution in [1.29, 1.82) is 0 Å². The minimum atomic E-state index is -0.219. The van der Waals surface area contributed by atoms with Crippen molar-refractivity contribution in [2.24, 2.45) is 0 Å². The van der Waals surface area contributed by atoms with Gasteiger partial charge in [0.15, 0.2) is 0 Å². The van der Waals surface area contributed by atoms with E-state index in [1.165, 1.54) is 5.69 Å². The molecule has 110 valence electrons. The Morgan fingerprint density at radius 2 is 1.80 bits per heavy atom. The fourth-order valence-corrected chi connectivity index (χ4v) is 2.27. The Labute approximate surface area is 121 Å². The van der Waals surface area contributed by atoms with Gasteiger partial charge in [0.05, 0.1) is 12.2 Å². The molecule has 2 rings (SSSR count). The zero-order chi connectivity index (χ0) is 14.4. The fraction of sp³-hybridized carbons (Fsp3) is 0.562. The number of piperazine rings is 1. The summed E-state index contributed by atoms with van der Waals surface area (Å²) >= 11 is 0. The molecule has 0 N–H and O–H groups in total. The van der Waals surface area contributed by atoms with Crippen LogP contribution in [-0.4, -0.2) is 50.7 Å². The highest BCUT2D eigenvalue weighted by atomic mass is 16.5. The van der Waals surface area contributed by atoms with Crippen molar-refractivity contribution in [3.05, 3.63) is 29.8 Å². The van der Waals surface area contributed by atoms with Crippen LogP contribution in [0.15, 0.2) is 24.3 Å². The first-order valence-corrected chi connectivity index (χ1v) is 7.41. The topological polar surface area (TPSA) is 32.8 Å². The predicted octanol–water partition coefficient (Wildman–Crippen LogP) is 2.40. The van der Waals surface area contributed by atoms with Gasteiger partial charge in [0.25, 0.3) is 0 Å². The Bertz CT molecular complexity index is 423. The molecule has 0 saturated carbocycles. The molecule has 20 heavy (non-hydrogen) atoms. The van der Waals surface area contributed by atoms with Gasteiger partial charge in [-0.3, -0.25) is 0 Å².